The first-order valence-electron chi connectivity index (χ1n) is 17.4. The second kappa shape index (κ2) is 10.9. The fourth-order valence-corrected chi connectivity index (χ4v) is 8.35. The third-order valence-electron chi connectivity index (χ3n) is 10.9. The molecule has 2 nitrogen and oxygen atoms in total. The SMILES string of the molecule is CC1(C)c2ccccc2-c2cc(-c3ccc4c(c3)c3ccc(-c5cccc(-c6ccnc7ccccc67)c5)cc3n4-c3ccccc3)ccc21. The monoisotopic (exact) mass is 638 g/mol. The molecule has 50 heavy (non-hydrogen) atoms. The Kier molecular flexibility index (Phi) is 6.25. The highest BCUT2D eigenvalue weighted by Crippen LogP contribution is 2.49. The van der Waals surface area contributed by atoms with E-state index in [4.69, 9.17) is 0 Å². The molecule has 7 aromatic carbocycles. The lowest BCUT2D eigenvalue weighted by molar-refractivity contribution is 0.660. The Hall–Kier alpha value is -6.25. The van der Waals surface area contributed by atoms with E-state index in [1.54, 1.807) is 0 Å². The largest absolute Gasteiger partial charge is 0.309 e. The summed E-state index contributed by atoms with van der Waals surface area (Å²) >= 11 is 0. The topological polar surface area (TPSA) is 17.8 Å². The van der Waals surface area contributed by atoms with E-state index in [0.717, 1.165) is 11.2 Å². The maximum absolute atomic E-state index is 4.59. The summed E-state index contributed by atoms with van der Waals surface area (Å²) in [7, 11) is 0. The van der Waals surface area contributed by atoms with E-state index in [1.165, 1.54) is 82.8 Å². The average Bonchev–Trinajstić information content (AvgIpc) is 3.62. The maximum atomic E-state index is 4.59. The van der Waals surface area contributed by atoms with E-state index in [-0.39, 0.29) is 5.41 Å². The van der Waals surface area contributed by atoms with Gasteiger partial charge in [0.1, 0.15) is 0 Å². The van der Waals surface area contributed by atoms with E-state index in [2.05, 4.69) is 181 Å². The van der Waals surface area contributed by atoms with Crippen LogP contribution < -0.4 is 0 Å². The number of benzene rings is 7. The highest BCUT2D eigenvalue weighted by atomic mass is 15.0. The zero-order valence-electron chi connectivity index (χ0n) is 28.1. The molecule has 2 heteroatoms. The minimum atomic E-state index is 0.000827. The van der Waals surface area contributed by atoms with Crippen LogP contribution in [0.15, 0.2) is 170 Å². The third-order valence-corrected chi connectivity index (χ3v) is 10.9. The minimum absolute atomic E-state index is 0.000827. The maximum Gasteiger partial charge on any atom is 0.0708 e. The third kappa shape index (κ3) is 4.32. The van der Waals surface area contributed by atoms with Gasteiger partial charge >= 0.3 is 0 Å². The Morgan fingerprint density at radius 3 is 2.04 bits per heavy atom. The average molecular weight is 639 g/mol. The highest BCUT2D eigenvalue weighted by Gasteiger charge is 2.35. The van der Waals surface area contributed by atoms with Gasteiger partial charge in [0.05, 0.1) is 16.6 Å². The predicted molar refractivity (Wildman–Crippen MR) is 210 cm³/mol. The summed E-state index contributed by atoms with van der Waals surface area (Å²) in [4.78, 5) is 4.59. The van der Waals surface area contributed by atoms with E-state index in [0.29, 0.717) is 0 Å². The van der Waals surface area contributed by atoms with Crippen molar-refractivity contribution in [1.82, 2.24) is 9.55 Å². The zero-order valence-corrected chi connectivity index (χ0v) is 28.1. The molecule has 236 valence electrons. The minimum Gasteiger partial charge on any atom is -0.309 e. The first-order valence-corrected chi connectivity index (χ1v) is 17.4. The summed E-state index contributed by atoms with van der Waals surface area (Å²) < 4.78 is 2.42. The van der Waals surface area contributed by atoms with Gasteiger partial charge in [0.15, 0.2) is 0 Å². The van der Waals surface area contributed by atoms with E-state index in [1.807, 2.05) is 12.3 Å². The van der Waals surface area contributed by atoms with E-state index in [9.17, 15) is 0 Å². The summed E-state index contributed by atoms with van der Waals surface area (Å²) in [6.07, 6.45) is 1.91. The van der Waals surface area contributed by atoms with Crippen LogP contribution in [0.5, 0.6) is 0 Å². The van der Waals surface area contributed by atoms with Crippen LogP contribution >= 0.6 is 0 Å². The number of pyridine rings is 1. The van der Waals surface area contributed by atoms with Crippen molar-refractivity contribution >= 4 is 32.7 Å². The van der Waals surface area contributed by atoms with Crippen molar-refractivity contribution in [3.8, 4) is 50.2 Å². The normalized spacial score (nSPS) is 13.2. The molecule has 0 atom stereocenters. The molecule has 0 aliphatic heterocycles. The van der Waals surface area contributed by atoms with E-state index < -0.39 is 0 Å². The molecule has 1 aliphatic carbocycles. The highest BCUT2D eigenvalue weighted by molar-refractivity contribution is 6.11. The Balaban J connectivity index is 1.13. The molecular formula is C48H34N2. The first-order chi connectivity index (χ1) is 24.5. The van der Waals surface area contributed by atoms with Gasteiger partial charge in [0.25, 0.3) is 0 Å². The van der Waals surface area contributed by atoms with Crippen LogP contribution in [-0.4, -0.2) is 9.55 Å². The summed E-state index contributed by atoms with van der Waals surface area (Å²) in [6.45, 7) is 4.68. The van der Waals surface area contributed by atoms with Crippen molar-refractivity contribution < 1.29 is 0 Å². The lowest BCUT2D eigenvalue weighted by atomic mass is 9.82. The molecule has 2 aromatic heterocycles. The summed E-state index contributed by atoms with van der Waals surface area (Å²) in [5.74, 6) is 0. The van der Waals surface area contributed by atoms with Crippen molar-refractivity contribution in [3.63, 3.8) is 0 Å². The Labute approximate surface area is 291 Å². The molecule has 0 radical (unpaired) electrons. The number of para-hydroxylation sites is 2. The van der Waals surface area contributed by atoms with Gasteiger partial charge in [-0.25, -0.2) is 0 Å². The number of hydrogen-bond donors (Lipinski definition) is 0. The summed E-state index contributed by atoms with van der Waals surface area (Å²) in [5.41, 5.74) is 17.3. The lowest BCUT2D eigenvalue weighted by Crippen LogP contribution is -2.14. The van der Waals surface area contributed by atoms with Gasteiger partial charge in [-0.3, -0.25) is 4.98 Å². The molecule has 1 aliphatic rings. The Bertz CT molecular complexity index is 2780. The van der Waals surface area contributed by atoms with E-state index >= 15 is 0 Å². The molecule has 0 bridgehead atoms. The summed E-state index contributed by atoms with van der Waals surface area (Å²) in [5, 5.41) is 3.67. The second-order valence-corrected chi connectivity index (χ2v) is 14.0. The molecule has 0 unspecified atom stereocenters. The van der Waals surface area contributed by atoms with Crippen LogP contribution in [0.4, 0.5) is 0 Å². The number of aromatic nitrogens is 2. The van der Waals surface area contributed by atoms with Crippen molar-refractivity contribution in [3.05, 3.63) is 181 Å². The quantitative estimate of drug-likeness (QED) is 0.188. The van der Waals surface area contributed by atoms with Crippen LogP contribution in [0.25, 0.3) is 82.9 Å². The smallest absolute Gasteiger partial charge is 0.0708 e. The molecule has 0 amide bonds. The van der Waals surface area contributed by atoms with Gasteiger partial charge in [-0.15, -0.1) is 0 Å². The standard InChI is InChI=1S/C48H34N2/c1-48(2)43-17-8-6-15-38(43)41-28-32(20-23-44(41)48)33-21-24-46-42(29-33)40-22-19-34(30-47(40)50(46)36-13-4-3-5-14-36)31-11-10-12-35(27-31)37-25-26-49-45-18-9-7-16-39(37)45/h3-30H,1-2H3. The van der Waals surface area contributed by atoms with Gasteiger partial charge in [0.2, 0.25) is 0 Å². The Morgan fingerprint density at radius 1 is 0.420 bits per heavy atom. The number of fused-ring (bicyclic) bond motifs is 7. The number of rotatable bonds is 4. The summed E-state index contributed by atoms with van der Waals surface area (Å²) in [6, 6.07) is 60.0. The van der Waals surface area contributed by atoms with Crippen molar-refractivity contribution in [2.75, 3.05) is 0 Å². The van der Waals surface area contributed by atoms with Gasteiger partial charge in [-0.2, -0.15) is 0 Å². The predicted octanol–water partition coefficient (Wildman–Crippen LogP) is 12.6. The van der Waals surface area contributed by atoms with Crippen LogP contribution in [0.1, 0.15) is 25.0 Å². The van der Waals surface area contributed by atoms with Crippen LogP contribution in [-0.2, 0) is 5.41 Å². The van der Waals surface area contributed by atoms with Gasteiger partial charge in [0, 0.05) is 33.5 Å². The first kappa shape index (κ1) is 28.7. The fourth-order valence-electron chi connectivity index (χ4n) is 8.35. The molecule has 0 saturated carbocycles. The molecule has 2 heterocycles. The molecular weight excluding hydrogens is 605 g/mol. The molecule has 0 fully saturated rings. The van der Waals surface area contributed by atoms with Crippen molar-refractivity contribution in [1.29, 1.82) is 0 Å². The molecule has 10 rings (SSSR count). The Morgan fingerprint density at radius 2 is 1.12 bits per heavy atom. The molecule has 0 spiro atoms. The van der Waals surface area contributed by atoms with Crippen LogP contribution in [0.2, 0.25) is 0 Å². The molecule has 0 N–H and O–H groups in total. The molecule has 9 aromatic rings. The van der Waals surface area contributed by atoms with Crippen LogP contribution in [0, 0.1) is 0 Å². The zero-order chi connectivity index (χ0) is 33.4. The fraction of sp³-hybridized carbons (Fsp3) is 0.0625. The van der Waals surface area contributed by atoms with Gasteiger partial charge < -0.3 is 4.57 Å². The number of nitrogens with zero attached hydrogens (tertiary/aromatic N) is 2. The second-order valence-electron chi connectivity index (χ2n) is 14.0. The van der Waals surface area contributed by atoms with Crippen LogP contribution in [0.3, 0.4) is 0 Å². The van der Waals surface area contributed by atoms with Gasteiger partial charge in [-0.05, 0) is 110 Å². The number of hydrogen-bond acceptors (Lipinski definition) is 1. The van der Waals surface area contributed by atoms with Crippen molar-refractivity contribution in [2.24, 2.45) is 0 Å². The van der Waals surface area contributed by atoms with Gasteiger partial charge in [-0.1, -0.05) is 123 Å². The van der Waals surface area contributed by atoms with Crippen molar-refractivity contribution in [2.45, 2.75) is 19.3 Å². The lowest BCUT2D eigenvalue weighted by Gasteiger charge is -2.21. The molecule has 0 saturated heterocycles.